The van der Waals surface area contributed by atoms with E-state index in [1.165, 1.54) is 5.56 Å². The van der Waals surface area contributed by atoms with Crippen LogP contribution in [-0.2, 0) is 6.54 Å². The van der Waals surface area contributed by atoms with Crippen LogP contribution >= 0.6 is 0 Å². The molecule has 0 aliphatic rings. The molecular formula is C15H20N2O. The maximum atomic E-state index is 5.44. The Hall–Kier alpha value is -1.77. The molecule has 1 aromatic carbocycles. The van der Waals surface area contributed by atoms with E-state index in [0.717, 1.165) is 23.4 Å². The highest BCUT2D eigenvalue weighted by atomic mass is 16.5. The first kappa shape index (κ1) is 12.7. The van der Waals surface area contributed by atoms with Crippen LogP contribution in [0.2, 0.25) is 0 Å². The molecule has 1 heterocycles. The molecule has 0 saturated carbocycles. The van der Waals surface area contributed by atoms with Crippen molar-refractivity contribution in [3.8, 4) is 16.9 Å². The van der Waals surface area contributed by atoms with Gasteiger partial charge in [0.05, 0.1) is 13.3 Å². The lowest BCUT2D eigenvalue weighted by molar-refractivity contribution is 0.416. The van der Waals surface area contributed by atoms with Crippen molar-refractivity contribution in [3.05, 3.63) is 36.2 Å². The van der Waals surface area contributed by atoms with Crippen molar-refractivity contribution in [2.45, 2.75) is 33.2 Å². The van der Waals surface area contributed by atoms with Crippen LogP contribution in [0.3, 0.4) is 0 Å². The maximum Gasteiger partial charge on any atom is 0.126 e. The second-order valence-electron chi connectivity index (χ2n) is 4.70. The summed E-state index contributed by atoms with van der Waals surface area (Å²) < 4.78 is 7.37. The number of aryl methyl sites for hydroxylation is 1. The number of hydrogen-bond donors (Lipinski definition) is 0. The van der Waals surface area contributed by atoms with Crippen LogP contribution in [-0.4, -0.2) is 16.9 Å². The topological polar surface area (TPSA) is 27.1 Å². The molecule has 3 heteroatoms. The van der Waals surface area contributed by atoms with E-state index >= 15 is 0 Å². The van der Waals surface area contributed by atoms with E-state index in [1.54, 1.807) is 7.11 Å². The highest BCUT2D eigenvalue weighted by Gasteiger charge is 2.10. The van der Waals surface area contributed by atoms with Gasteiger partial charge >= 0.3 is 0 Å². The summed E-state index contributed by atoms with van der Waals surface area (Å²) in [6.45, 7) is 7.35. The smallest absolute Gasteiger partial charge is 0.126 e. The van der Waals surface area contributed by atoms with E-state index in [4.69, 9.17) is 4.74 Å². The van der Waals surface area contributed by atoms with Gasteiger partial charge in [-0.25, -0.2) is 0 Å². The second kappa shape index (κ2) is 5.25. The highest BCUT2D eigenvalue weighted by Crippen LogP contribution is 2.32. The zero-order valence-corrected chi connectivity index (χ0v) is 11.5. The third kappa shape index (κ3) is 2.40. The molecule has 0 unspecified atom stereocenters. The molecule has 96 valence electrons. The first-order chi connectivity index (χ1) is 8.65. The summed E-state index contributed by atoms with van der Waals surface area (Å²) in [7, 11) is 1.71. The fraction of sp³-hybridized carbons (Fsp3) is 0.400. The third-order valence-corrected chi connectivity index (χ3v) is 3.16. The van der Waals surface area contributed by atoms with Crippen LogP contribution in [0.1, 0.15) is 32.3 Å². The predicted molar refractivity (Wildman–Crippen MR) is 74.0 cm³/mol. The van der Waals surface area contributed by atoms with Crippen LogP contribution in [0.5, 0.6) is 5.75 Å². The molecule has 0 saturated heterocycles. The molecule has 2 aromatic rings. The minimum Gasteiger partial charge on any atom is -0.496 e. The number of methoxy groups -OCH3 is 1. The van der Waals surface area contributed by atoms with Crippen molar-refractivity contribution in [1.29, 1.82) is 0 Å². The molecule has 0 atom stereocenters. The van der Waals surface area contributed by atoms with Crippen LogP contribution in [0.25, 0.3) is 11.1 Å². The van der Waals surface area contributed by atoms with E-state index in [1.807, 2.05) is 16.9 Å². The summed E-state index contributed by atoms with van der Waals surface area (Å²) in [5.41, 5.74) is 3.54. The Labute approximate surface area is 108 Å². The molecule has 1 aromatic heterocycles. The summed E-state index contributed by atoms with van der Waals surface area (Å²) in [6.07, 6.45) is 3.95. The summed E-state index contributed by atoms with van der Waals surface area (Å²) in [5, 5.41) is 4.32. The van der Waals surface area contributed by atoms with Gasteiger partial charge in [0.1, 0.15) is 5.75 Å². The van der Waals surface area contributed by atoms with E-state index < -0.39 is 0 Å². The Bertz CT molecular complexity index is 529. The van der Waals surface area contributed by atoms with E-state index in [2.05, 4.69) is 44.2 Å². The Morgan fingerprint density at radius 3 is 2.67 bits per heavy atom. The first-order valence-electron chi connectivity index (χ1n) is 6.36. The SMILES string of the molecule is CCn1cc(-c2cc(C(C)C)ccc2OC)cn1. The third-order valence-electron chi connectivity index (χ3n) is 3.16. The van der Waals surface area contributed by atoms with E-state index in [9.17, 15) is 0 Å². The Balaban J connectivity index is 2.49. The van der Waals surface area contributed by atoms with Crippen molar-refractivity contribution >= 4 is 0 Å². The van der Waals surface area contributed by atoms with Crippen molar-refractivity contribution in [2.75, 3.05) is 7.11 Å². The Morgan fingerprint density at radius 2 is 2.11 bits per heavy atom. The molecule has 0 amide bonds. The molecule has 0 fully saturated rings. The van der Waals surface area contributed by atoms with Crippen LogP contribution < -0.4 is 4.74 Å². The standard InChI is InChI=1S/C15H20N2O/c1-5-17-10-13(9-16-17)14-8-12(11(2)3)6-7-15(14)18-4/h6-11H,5H2,1-4H3. The molecule has 0 radical (unpaired) electrons. The molecule has 0 aliphatic carbocycles. The van der Waals surface area contributed by atoms with Gasteiger partial charge in [-0.3, -0.25) is 4.68 Å². The molecule has 18 heavy (non-hydrogen) atoms. The maximum absolute atomic E-state index is 5.44. The van der Waals surface area contributed by atoms with Gasteiger partial charge in [-0.1, -0.05) is 19.9 Å². The summed E-state index contributed by atoms with van der Waals surface area (Å²) in [5.74, 6) is 1.41. The molecule has 2 rings (SSSR count). The number of benzene rings is 1. The molecule has 0 bridgehead atoms. The van der Waals surface area contributed by atoms with Gasteiger partial charge in [-0.05, 0) is 30.5 Å². The van der Waals surface area contributed by atoms with Gasteiger partial charge in [0, 0.05) is 23.9 Å². The normalized spacial score (nSPS) is 10.9. The number of hydrogen-bond acceptors (Lipinski definition) is 2. The van der Waals surface area contributed by atoms with Crippen LogP contribution in [0, 0.1) is 0 Å². The Morgan fingerprint density at radius 1 is 1.33 bits per heavy atom. The van der Waals surface area contributed by atoms with Gasteiger partial charge < -0.3 is 4.74 Å². The van der Waals surface area contributed by atoms with E-state index in [0.29, 0.717) is 5.92 Å². The minimum atomic E-state index is 0.510. The van der Waals surface area contributed by atoms with Crippen LogP contribution in [0.4, 0.5) is 0 Å². The molecule has 0 spiro atoms. The second-order valence-corrected chi connectivity index (χ2v) is 4.70. The zero-order chi connectivity index (χ0) is 13.1. The lowest BCUT2D eigenvalue weighted by atomic mass is 9.98. The number of aromatic nitrogens is 2. The molecule has 0 N–H and O–H groups in total. The van der Waals surface area contributed by atoms with Crippen molar-refractivity contribution in [2.24, 2.45) is 0 Å². The average molecular weight is 244 g/mol. The van der Waals surface area contributed by atoms with Gasteiger partial charge in [0.25, 0.3) is 0 Å². The molecular weight excluding hydrogens is 224 g/mol. The number of rotatable bonds is 4. The first-order valence-corrected chi connectivity index (χ1v) is 6.36. The number of ether oxygens (including phenoxy) is 1. The molecule has 0 aliphatic heterocycles. The van der Waals surface area contributed by atoms with Gasteiger partial charge in [0.2, 0.25) is 0 Å². The predicted octanol–water partition coefficient (Wildman–Crippen LogP) is 3.70. The lowest BCUT2D eigenvalue weighted by Gasteiger charge is -2.11. The largest absolute Gasteiger partial charge is 0.496 e. The monoisotopic (exact) mass is 244 g/mol. The fourth-order valence-corrected chi connectivity index (χ4v) is 1.99. The van der Waals surface area contributed by atoms with Gasteiger partial charge in [-0.15, -0.1) is 0 Å². The van der Waals surface area contributed by atoms with Gasteiger partial charge in [0.15, 0.2) is 0 Å². The highest BCUT2D eigenvalue weighted by molar-refractivity contribution is 5.70. The summed E-state index contributed by atoms with van der Waals surface area (Å²) in [4.78, 5) is 0. The number of nitrogens with zero attached hydrogens (tertiary/aromatic N) is 2. The minimum absolute atomic E-state index is 0.510. The molecule has 3 nitrogen and oxygen atoms in total. The van der Waals surface area contributed by atoms with Crippen molar-refractivity contribution in [1.82, 2.24) is 9.78 Å². The lowest BCUT2D eigenvalue weighted by Crippen LogP contribution is -1.93. The average Bonchev–Trinajstić information content (AvgIpc) is 2.86. The zero-order valence-electron chi connectivity index (χ0n) is 11.5. The summed E-state index contributed by atoms with van der Waals surface area (Å²) >= 11 is 0. The quantitative estimate of drug-likeness (QED) is 0.820. The van der Waals surface area contributed by atoms with Crippen molar-refractivity contribution < 1.29 is 4.74 Å². The van der Waals surface area contributed by atoms with Gasteiger partial charge in [-0.2, -0.15) is 5.10 Å². The van der Waals surface area contributed by atoms with Crippen molar-refractivity contribution in [3.63, 3.8) is 0 Å². The Kier molecular flexibility index (Phi) is 3.70. The van der Waals surface area contributed by atoms with Crippen LogP contribution in [0.15, 0.2) is 30.6 Å². The van der Waals surface area contributed by atoms with E-state index in [-0.39, 0.29) is 0 Å². The fourth-order valence-electron chi connectivity index (χ4n) is 1.99. The summed E-state index contributed by atoms with van der Waals surface area (Å²) in [6, 6.07) is 6.35.